The Bertz CT molecular complexity index is 544. The van der Waals surface area contributed by atoms with Crippen LogP contribution in [0.25, 0.3) is 0 Å². The highest BCUT2D eigenvalue weighted by molar-refractivity contribution is 6.42. The van der Waals surface area contributed by atoms with E-state index in [0.29, 0.717) is 36.2 Å². The van der Waals surface area contributed by atoms with Gasteiger partial charge in [0.15, 0.2) is 0 Å². The number of benzene rings is 1. The summed E-state index contributed by atoms with van der Waals surface area (Å²) in [5, 5.41) is 13.0. The van der Waals surface area contributed by atoms with Crippen LogP contribution in [0.1, 0.15) is 19.4 Å². The summed E-state index contributed by atoms with van der Waals surface area (Å²) in [6.45, 7) is 6.64. The van der Waals surface area contributed by atoms with Gasteiger partial charge in [-0.2, -0.15) is 0 Å². The number of amides is 2. The SMILES string of the molecule is C[C@@H]1CN(C(=O)NCc2ccc(Cl)c(Cl)c2)C[C@H](C)N1CCO. The van der Waals surface area contributed by atoms with Crippen molar-refractivity contribution >= 4 is 29.2 Å². The molecule has 2 N–H and O–H groups in total. The number of halogens is 2. The average Bonchev–Trinajstić information content (AvgIpc) is 2.51. The molecule has 0 aromatic heterocycles. The van der Waals surface area contributed by atoms with E-state index in [1.54, 1.807) is 12.1 Å². The minimum absolute atomic E-state index is 0.0848. The Labute approximate surface area is 147 Å². The largest absolute Gasteiger partial charge is 0.395 e. The van der Waals surface area contributed by atoms with Crippen molar-refractivity contribution in [2.24, 2.45) is 0 Å². The first-order valence-corrected chi connectivity index (χ1v) is 8.51. The molecule has 1 fully saturated rings. The van der Waals surface area contributed by atoms with E-state index >= 15 is 0 Å². The van der Waals surface area contributed by atoms with E-state index in [1.165, 1.54) is 0 Å². The quantitative estimate of drug-likeness (QED) is 0.868. The second kappa shape index (κ2) is 8.20. The number of hydrogen-bond donors (Lipinski definition) is 2. The van der Waals surface area contributed by atoms with Crippen molar-refractivity contribution in [1.82, 2.24) is 15.1 Å². The number of carbonyl (C=O) groups excluding carboxylic acids is 1. The molecule has 0 bridgehead atoms. The normalized spacial score (nSPS) is 22.2. The summed E-state index contributed by atoms with van der Waals surface area (Å²) in [5.41, 5.74) is 0.910. The zero-order valence-corrected chi connectivity index (χ0v) is 14.9. The standard InChI is InChI=1S/C16H23Cl2N3O2/c1-11-9-20(10-12(2)21(11)5-6-22)16(23)19-8-13-3-4-14(17)15(18)7-13/h3-4,7,11-12,22H,5-6,8-10H2,1-2H3,(H,19,23)/t11-,12+. The smallest absolute Gasteiger partial charge is 0.317 e. The Morgan fingerprint density at radius 2 is 1.91 bits per heavy atom. The van der Waals surface area contributed by atoms with E-state index in [0.717, 1.165) is 5.56 Å². The fourth-order valence-corrected chi connectivity index (χ4v) is 3.34. The molecule has 7 heteroatoms. The number of β-amino-alcohol motifs (C(OH)–C–C–N with tert-alkyl or cyclic N) is 1. The number of hydrogen-bond acceptors (Lipinski definition) is 3. The third kappa shape index (κ3) is 4.73. The molecule has 0 saturated carbocycles. The van der Waals surface area contributed by atoms with Crippen LogP contribution in [-0.2, 0) is 6.54 Å². The number of urea groups is 1. The van der Waals surface area contributed by atoms with E-state index < -0.39 is 0 Å². The maximum atomic E-state index is 12.4. The van der Waals surface area contributed by atoms with Gasteiger partial charge in [-0.05, 0) is 31.5 Å². The van der Waals surface area contributed by atoms with Gasteiger partial charge in [-0.3, -0.25) is 4.90 Å². The molecule has 0 aliphatic carbocycles. The molecule has 0 radical (unpaired) electrons. The lowest BCUT2D eigenvalue weighted by Gasteiger charge is -2.44. The Kier molecular flexibility index (Phi) is 6.53. The first-order valence-electron chi connectivity index (χ1n) is 7.75. The molecule has 0 unspecified atom stereocenters. The Morgan fingerprint density at radius 1 is 1.26 bits per heavy atom. The van der Waals surface area contributed by atoms with Crippen LogP contribution < -0.4 is 5.32 Å². The predicted molar refractivity (Wildman–Crippen MR) is 93.0 cm³/mol. The van der Waals surface area contributed by atoms with E-state index in [9.17, 15) is 4.79 Å². The molecule has 23 heavy (non-hydrogen) atoms. The van der Waals surface area contributed by atoms with Crippen LogP contribution in [0, 0.1) is 0 Å². The van der Waals surface area contributed by atoms with E-state index in [2.05, 4.69) is 24.1 Å². The first-order chi connectivity index (χ1) is 10.9. The number of nitrogens with one attached hydrogen (secondary N) is 1. The highest BCUT2D eigenvalue weighted by Crippen LogP contribution is 2.22. The summed E-state index contributed by atoms with van der Waals surface area (Å²) >= 11 is 11.9. The third-order valence-corrected chi connectivity index (χ3v) is 4.91. The van der Waals surface area contributed by atoms with Gasteiger partial charge >= 0.3 is 6.03 Å². The van der Waals surface area contributed by atoms with Gasteiger partial charge in [-0.25, -0.2) is 4.79 Å². The predicted octanol–water partition coefficient (Wildman–Crippen LogP) is 2.59. The number of piperazine rings is 1. The molecule has 128 valence electrons. The van der Waals surface area contributed by atoms with Crippen LogP contribution in [0.2, 0.25) is 10.0 Å². The van der Waals surface area contributed by atoms with Crippen LogP contribution in [-0.4, -0.2) is 59.3 Å². The van der Waals surface area contributed by atoms with E-state index in [4.69, 9.17) is 28.3 Å². The zero-order chi connectivity index (χ0) is 17.0. The van der Waals surface area contributed by atoms with Crippen LogP contribution in [0.4, 0.5) is 4.79 Å². The van der Waals surface area contributed by atoms with Crippen LogP contribution in [0.3, 0.4) is 0 Å². The van der Waals surface area contributed by atoms with Gasteiger partial charge in [0.25, 0.3) is 0 Å². The second-order valence-electron chi connectivity index (χ2n) is 5.97. The summed E-state index contributed by atoms with van der Waals surface area (Å²) in [4.78, 5) is 16.4. The van der Waals surface area contributed by atoms with Gasteiger partial charge < -0.3 is 15.3 Å². The summed E-state index contributed by atoms with van der Waals surface area (Å²) in [5.74, 6) is 0. The first kappa shape index (κ1) is 18.3. The van der Waals surface area contributed by atoms with Gasteiger partial charge in [0, 0.05) is 38.3 Å². The lowest BCUT2D eigenvalue weighted by molar-refractivity contribution is 0.0423. The van der Waals surface area contributed by atoms with Crippen LogP contribution >= 0.6 is 23.2 Å². The number of aliphatic hydroxyl groups is 1. The minimum atomic E-state index is -0.0848. The lowest BCUT2D eigenvalue weighted by atomic mass is 10.1. The topological polar surface area (TPSA) is 55.8 Å². The molecule has 1 saturated heterocycles. The Morgan fingerprint density at radius 3 is 2.48 bits per heavy atom. The molecule has 1 aliphatic heterocycles. The van der Waals surface area contributed by atoms with Crippen molar-refractivity contribution in [3.8, 4) is 0 Å². The molecule has 2 rings (SSSR count). The average molecular weight is 360 g/mol. The van der Waals surface area contributed by atoms with E-state index in [-0.39, 0.29) is 24.7 Å². The molecule has 1 aromatic carbocycles. The maximum absolute atomic E-state index is 12.4. The van der Waals surface area contributed by atoms with Gasteiger partial charge in [-0.1, -0.05) is 29.3 Å². The molecule has 1 aliphatic rings. The van der Waals surface area contributed by atoms with Crippen LogP contribution in [0.5, 0.6) is 0 Å². The van der Waals surface area contributed by atoms with Crippen molar-refractivity contribution in [3.63, 3.8) is 0 Å². The lowest BCUT2D eigenvalue weighted by Crippen LogP contribution is -2.60. The fourth-order valence-electron chi connectivity index (χ4n) is 3.02. The van der Waals surface area contributed by atoms with E-state index in [1.807, 2.05) is 11.0 Å². The molecule has 5 nitrogen and oxygen atoms in total. The van der Waals surface area contributed by atoms with Gasteiger partial charge in [0.1, 0.15) is 0 Å². The highest BCUT2D eigenvalue weighted by Gasteiger charge is 2.31. The molecule has 2 amide bonds. The summed E-state index contributed by atoms with van der Waals surface area (Å²) in [6.07, 6.45) is 0. The summed E-state index contributed by atoms with van der Waals surface area (Å²) in [7, 11) is 0. The molecular formula is C16H23Cl2N3O2. The number of rotatable bonds is 4. The Balaban J connectivity index is 1.89. The number of aliphatic hydroxyl groups excluding tert-OH is 1. The van der Waals surface area contributed by atoms with Crippen molar-refractivity contribution in [2.45, 2.75) is 32.5 Å². The van der Waals surface area contributed by atoms with Gasteiger partial charge in [0.05, 0.1) is 16.7 Å². The Hall–Kier alpha value is -1.01. The monoisotopic (exact) mass is 359 g/mol. The number of carbonyl (C=O) groups is 1. The third-order valence-electron chi connectivity index (χ3n) is 4.17. The number of nitrogens with zero attached hydrogens (tertiary/aromatic N) is 2. The molecule has 1 aromatic rings. The minimum Gasteiger partial charge on any atom is -0.395 e. The summed E-state index contributed by atoms with van der Waals surface area (Å²) in [6, 6.07) is 5.69. The van der Waals surface area contributed by atoms with Crippen molar-refractivity contribution in [1.29, 1.82) is 0 Å². The maximum Gasteiger partial charge on any atom is 0.317 e. The van der Waals surface area contributed by atoms with Gasteiger partial charge in [0.2, 0.25) is 0 Å². The molecule has 2 atom stereocenters. The fraction of sp³-hybridized carbons (Fsp3) is 0.562. The highest BCUT2D eigenvalue weighted by atomic mass is 35.5. The summed E-state index contributed by atoms with van der Waals surface area (Å²) < 4.78 is 0. The molecule has 1 heterocycles. The van der Waals surface area contributed by atoms with Crippen molar-refractivity contribution in [3.05, 3.63) is 33.8 Å². The molecular weight excluding hydrogens is 337 g/mol. The van der Waals surface area contributed by atoms with Crippen molar-refractivity contribution in [2.75, 3.05) is 26.2 Å². The molecule has 0 spiro atoms. The zero-order valence-electron chi connectivity index (χ0n) is 13.4. The van der Waals surface area contributed by atoms with Crippen molar-refractivity contribution < 1.29 is 9.90 Å². The van der Waals surface area contributed by atoms with Crippen LogP contribution in [0.15, 0.2) is 18.2 Å². The van der Waals surface area contributed by atoms with Gasteiger partial charge in [-0.15, -0.1) is 0 Å². The second-order valence-corrected chi connectivity index (χ2v) is 6.79.